The summed E-state index contributed by atoms with van der Waals surface area (Å²) >= 11 is 0. The molecule has 1 aliphatic rings. The fourth-order valence-electron chi connectivity index (χ4n) is 3.80. The van der Waals surface area contributed by atoms with Crippen molar-refractivity contribution >= 4 is 11.9 Å². The second-order valence-electron chi connectivity index (χ2n) is 8.23. The molecule has 0 aliphatic carbocycles. The number of carbonyl (C=O) groups is 2. The highest BCUT2D eigenvalue weighted by Gasteiger charge is 2.55. The molecule has 1 fully saturated rings. The highest BCUT2D eigenvalue weighted by molar-refractivity contribution is 5.76. The van der Waals surface area contributed by atoms with E-state index in [0.29, 0.717) is 17.1 Å². The maximum Gasteiger partial charge on any atom is 0.364 e. The van der Waals surface area contributed by atoms with Crippen LogP contribution in [0, 0.1) is 0 Å². The third-order valence-corrected chi connectivity index (χ3v) is 5.54. The molecule has 0 saturated carbocycles. The monoisotopic (exact) mass is 491 g/mol. The number of aliphatic hydroxyl groups excluding tert-OH is 4. The molecule has 6 N–H and O–H groups in total. The topological polar surface area (TPSA) is 175 Å². The number of carboxylic acid groups (broad SMARTS) is 1. The molecular weight excluding hydrogens is 462 g/mol. The molecule has 1 heterocycles. The highest BCUT2D eigenvalue weighted by Crippen LogP contribution is 2.34. The van der Waals surface area contributed by atoms with Crippen molar-refractivity contribution in [2.75, 3.05) is 6.61 Å². The van der Waals surface area contributed by atoms with Gasteiger partial charge < -0.3 is 45.1 Å². The second kappa shape index (κ2) is 11.6. The number of carbonyl (C=O) groups excluding carboxylic acids is 1. The molecule has 6 atom stereocenters. The molecular formula is C24H29NO10. The normalized spacial score (nSPS) is 25.9. The zero-order chi connectivity index (χ0) is 25.6. The number of amides is 1. The van der Waals surface area contributed by atoms with Crippen molar-refractivity contribution in [2.24, 2.45) is 0 Å². The molecule has 1 saturated heterocycles. The molecule has 1 amide bonds. The minimum absolute atomic E-state index is 0.263. The summed E-state index contributed by atoms with van der Waals surface area (Å²) < 4.78 is 17.0. The number of rotatable bonds is 10. The Morgan fingerprint density at radius 2 is 1.83 bits per heavy atom. The van der Waals surface area contributed by atoms with Crippen LogP contribution >= 0.6 is 0 Å². The molecule has 2 aromatic carbocycles. The number of benzene rings is 2. The van der Waals surface area contributed by atoms with Crippen LogP contribution in [0.1, 0.15) is 18.9 Å². The van der Waals surface area contributed by atoms with Gasteiger partial charge in [0.2, 0.25) is 5.91 Å². The van der Waals surface area contributed by atoms with Crippen molar-refractivity contribution in [2.45, 2.75) is 56.2 Å². The Balaban J connectivity index is 1.81. The lowest BCUT2D eigenvalue weighted by Crippen LogP contribution is -2.67. The molecule has 0 radical (unpaired) electrons. The van der Waals surface area contributed by atoms with Crippen LogP contribution in [0.3, 0.4) is 0 Å². The summed E-state index contributed by atoms with van der Waals surface area (Å²) in [6.07, 6.45) is -7.25. The molecule has 0 aromatic heterocycles. The first-order valence-corrected chi connectivity index (χ1v) is 10.9. The van der Waals surface area contributed by atoms with E-state index in [1.807, 2.05) is 18.2 Å². The molecule has 35 heavy (non-hydrogen) atoms. The van der Waals surface area contributed by atoms with E-state index in [-0.39, 0.29) is 6.61 Å². The predicted octanol–water partition coefficient (Wildman–Crippen LogP) is 0.145. The van der Waals surface area contributed by atoms with E-state index in [2.05, 4.69) is 5.32 Å². The smallest absolute Gasteiger partial charge is 0.364 e. The fourth-order valence-corrected chi connectivity index (χ4v) is 3.80. The van der Waals surface area contributed by atoms with E-state index in [1.165, 1.54) is 6.92 Å². The van der Waals surface area contributed by atoms with Crippen molar-refractivity contribution in [3.63, 3.8) is 0 Å². The maximum atomic E-state index is 12.2. The van der Waals surface area contributed by atoms with Gasteiger partial charge in [0, 0.05) is 13.3 Å². The molecule has 190 valence electrons. The first-order chi connectivity index (χ1) is 16.6. The second-order valence-corrected chi connectivity index (χ2v) is 8.23. The van der Waals surface area contributed by atoms with Crippen LogP contribution in [0.5, 0.6) is 11.5 Å². The van der Waals surface area contributed by atoms with Crippen LogP contribution < -0.4 is 10.1 Å². The number of hydrogen-bond donors (Lipinski definition) is 6. The zero-order valence-corrected chi connectivity index (χ0v) is 19.0. The lowest BCUT2D eigenvalue weighted by Gasteiger charge is -2.46. The van der Waals surface area contributed by atoms with E-state index in [4.69, 9.17) is 14.2 Å². The van der Waals surface area contributed by atoms with Gasteiger partial charge >= 0.3 is 5.97 Å². The summed E-state index contributed by atoms with van der Waals surface area (Å²) in [5.74, 6) is -3.48. The van der Waals surface area contributed by atoms with Gasteiger partial charge in [0.25, 0.3) is 5.79 Å². The van der Waals surface area contributed by atoms with Gasteiger partial charge in [0.15, 0.2) is 0 Å². The van der Waals surface area contributed by atoms with Crippen molar-refractivity contribution in [1.29, 1.82) is 0 Å². The predicted molar refractivity (Wildman–Crippen MR) is 120 cm³/mol. The standard InChI is InChI=1S/C24H29NO10/c1-14(27)25-20-18(28)11-24(23(31)32,35-22(20)21(30)19(29)12-26)33-13-15-6-5-9-17(10-15)34-16-7-3-2-4-8-16/h2-10,18-22,26,28-30H,11-13H2,1H3,(H,25,27)(H,31,32)/t18-,19+,20+,21-,22+,24-/m0/s1. The van der Waals surface area contributed by atoms with Gasteiger partial charge in [-0.1, -0.05) is 30.3 Å². The Kier molecular flexibility index (Phi) is 8.78. The molecule has 11 heteroatoms. The number of aliphatic carboxylic acids is 1. The van der Waals surface area contributed by atoms with Crippen LogP contribution in [0.15, 0.2) is 54.6 Å². The Hall–Kier alpha value is -3.06. The molecule has 0 unspecified atom stereocenters. The summed E-state index contributed by atoms with van der Waals surface area (Å²) in [7, 11) is 0. The van der Waals surface area contributed by atoms with E-state index in [1.54, 1.807) is 36.4 Å². The SMILES string of the molecule is CC(=O)N[C@H]1[C@H]([C@@H](O)[C@H](O)CO)O[C@](OCc2cccc(Oc3ccccc3)c2)(C(=O)O)C[C@@H]1O. The minimum atomic E-state index is -2.41. The van der Waals surface area contributed by atoms with Gasteiger partial charge in [0.05, 0.1) is 25.4 Å². The van der Waals surface area contributed by atoms with Gasteiger partial charge in [-0.2, -0.15) is 0 Å². The Labute approximate surface area is 201 Å². The first-order valence-electron chi connectivity index (χ1n) is 10.9. The van der Waals surface area contributed by atoms with Gasteiger partial charge in [-0.15, -0.1) is 0 Å². The third kappa shape index (κ3) is 6.54. The van der Waals surface area contributed by atoms with Crippen molar-refractivity contribution in [3.05, 3.63) is 60.2 Å². The number of ether oxygens (including phenoxy) is 3. The van der Waals surface area contributed by atoms with Gasteiger partial charge in [-0.25, -0.2) is 4.79 Å². The van der Waals surface area contributed by atoms with E-state index in [9.17, 15) is 35.1 Å². The Morgan fingerprint density at radius 3 is 2.46 bits per heavy atom. The number of nitrogens with one attached hydrogen (secondary N) is 1. The first kappa shape index (κ1) is 26.5. The van der Waals surface area contributed by atoms with E-state index < -0.39 is 61.1 Å². The summed E-state index contributed by atoms with van der Waals surface area (Å²) in [4.78, 5) is 23.8. The van der Waals surface area contributed by atoms with Crippen LogP contribution in [0.25, 0.3) is 0 Å². The average Bonchev–Trinajstić information content (AvgIpc) is 2.83. The minimum Gasteiger partial charge on any atom is -0.477 e. The van der Waals surface area contributed by atoms with Crippen LogP contribution in [0.2, 0.25) is 0 Å². The summed E-state index contributed by atoms with van der Waals surface area (Å²) in [5.41, 5.74) is 0.536. The molecule has 0 bridgehead atoms. The number of para-hydroxylation sites is 1. The van der Waals surface area contributed by atoms with Crippen LogP contribution in [0.4, 0.5) is 0 Å². The Morgan fingerprint density at radius 1 is 1.14 bits per heavy atom. The zero-order valence-electron chi connectivity index (χ0n) is 19.0. The number of hydrogen-bond acceptors (Lipinski definition) is 9. The number of carboxylic acids is 1. The quantitative estimate of drug-likeness (QED) is 0.268. The maximum absolute atomic E-state index is 12.2. The van der Waals surface area contributed by atoms with E-state index >= 15 is 0 Å². The molecule has 3 rings (SSSR count). The van der Waals surface area contributed by atoms with Crippen LogP contribution in [-0.2, 0) is 25.7 Å². The van der Waals surface area contributed by atoms with Gasteiger partial charge in [-0.05, 0) is 29.8 Å². The van der Waals surface area contributed by atoms with E-state index in [0.717, 1.165) is 0 Å². The largest absolute Gasteiger partial charge is 0.477 e. The summed E-state index contributed by atoms with van der Waals surface area (Å²) in [5, 5.41) is 52.6. The molecule has 1 aliphatic heterocycles. The molecule has 2 aromatic rings. The number of aliphatic hydroxyl groups is 4. The summed E-state index contributed by atoms with van der Waals surface area (Å²) in [6, 6.07) is 14.5. The van der Waals surface area contributed by atoms with Crippen molar-refractivity contribution in [1.82, 2.24) is 5.32 Å². The highest BCUT2D eigenvalue weighted by atomic mass is 16.7. The Bertz CT molecular complexity index is 1000. The lowest BCUT2D eigenvalue weighted by molar-refractivity contribution is -0.314. The summed E-state index contributed by atoms with van der Waals surface area (Å²) in [6.45, 7) is 0.0406. The van der Waals surface area contributed by atoms with Crippen LogP contribution in [-0.4, -0.2) is 80.3 Å². The van der Waals surface area contributed by atoms with Gasteiger partial charge in [-0.3, -0.25) is 4.79 Å². The van der Waals surface area contributed by atoms with Crippen molar-refractivity contribution < 1.29 is 49.3 Å². The fraction of sp³-hybridized carbons (Fsp3) is 0.417. The van der Waals surface area contributed by atoms with Gasteiger partial charge in [0.1, 0.15) is 29.8 Å². The van der Waals surface area contributed by atoms with Crippen molar-refractivity contribution in [3.8, 4) is 11.5 Å². The lowest BCUT2D eigenvalue weighted by atomic mass is 9.88. The molecule has 11 nitrogen and oxygen atoms in total. The third-order valence-electron chi connectivity index (χ3n) is 5.54. The average molecular weight is 491 g/mol. The molecule has 0 spiro atoms.